The van der Waals surface area contributed by atoms with Gasteiger partial charge in [-0.1, -0.05) is 11.6 Å². The number of amides is 1. The summed E-state index contributed by atoms with van der Waals surface area (Å²) >= 11 is 6.39. The van der Waals surface area contributed by atoms with Gasteiger partial charge in [-0.15, -0.1) is 0 Å². The van der Waals surface area contributed by atoms with Gasteiger partial charge in [0.25, 0.3) is 0 Å². The van der Waals surface area contributed by atoms with Crippen molar-refractivity contribution in [1.82, 2.24) is 20.3 Å². The first-order valence-electron chi connectivity index (χ1n) is 10.8. The van der Waals surface area contributed by atoms with Gasteiger partial charge < -0.3 is 20.7 Å². The summed E-state index contributed by atoms with van der Waals surface area (Å²) in [5.74, 6) is 1.57. The maximum Gasteiger partial charge on any atom is 0.242 e. The van der Waals surface area contributed by atoms with Gasteiger partial charge in [0.15, 0.2) is 0 Å². The third-order valence-corrected chi connectivity index (χ3v) is 6.07. The maximum atomic E-state index is 12.4. The number of anilines is 2. The minimum absolute atomic E-state index is 0.0841. The highest BCUT2D eigenvalue weighted by molar-refractivity contribution is 6.33. The van der Waals surface area contributed by atoms with Gasteiger partial charge in [-0.3, -0.25) is 9.78 Å². The van der Waals surface area contributed by atoms with Gasteiger partial charge in [-0.25, -0.2) is 9.97 Å². The number of rotatable bonds is 6. The van der Waals surface area contributed by atoms with Crippen LogP contribution < -0.4 is 16.0 Å². The summed E-state index contributed by atoms with van der Waals surface area (Å²) in [4.78, 5) is 25.6. The fourth-order valence-corrected chi connectivity index (χ4v) is 4.39. The highest BCUT2D eigenvalue weighted by Gasteiger charge is 2.28. The fraction of sp³-hybridized carbons (Fsp3) is 0.545. The van der Waals surface area contributed by atoms with Crippen molar-refractivity contribution in [2.75, 3.05) is 30.3 Å². The SMILES string of the molecule is CC1(C)C[C@H](CNc2cncc(-c3cc(NC(=O)[C@@H]4CCCN4)ncc3Cl)n2)CCO1. The third-order valence-electron chi connectivity index (χ3n) is 5.76. The van der Waals surface area contributed by atoms with Crippen molar-refractivity contribution in [3.8, 4) is 11.3 Å². The van der Waals surface area contributed by atoms with Crippen molar-refractivity contribution in [2.45, 2.75) is 51.2 Å². The quantitative estimate of drug-likeness (QED) is 0.626. The lowest BCUT2D eigenvalue weighted by Gasteiger charge is -2.35. The van der Waals surface area contributed by atoms with Gasteiger partial charge >= 0.3 is 0 Å². The van der Waals surface area contributed by atoms with E-state index in [1.807, 2.05) is 0 Å². The van der Waals surface area contributed by atoms with Gasteiger partial charge in [0.1, 0.15) is 11.6 Å². The van der Waals surface area contributed by atoms with Crippen LogP contribution in [0.1, 0.15) is 39.5 Å². The maximum absolute atomic E-state index is 12.4. The second-order valence-electron chi connectivity index (χ2n) is 8.83. The number of pyridine rings is 1. The predicted octanol–water partition coefficient (Wildman–Crippen LogP) is 3.50. The molecule has 9 heteroatoms. The molecule has 2 aliphatic heterocycles. The number of hydrogen-bond acceptors (Lipinski definition) is 7. The van der Waals surface area contributed by atoms with E-state index in [-0.39, 0.29) is 17.6 Å². The molecule has 0 radical (unpaired) electrons. The molecular formula is C22H29ClN6O2. The zero-order valence-corrected chi connectivity index (χ0v) is 18.7. The highest BCUT2D eigenvalue weighted by atomic mass is 35.5. The van der Waals surface area contributed by atoms with E-state index in [1.54, 1.807) is 18.5 Å². The Kier molecular flexibility index (Phi) is 6.69. The Morgan fingerprint density at radius 3 is 2.94 bits per heavy atom. The van der Waals surface area contributed by atoms with Crippen molar-refractivity contribution >= 4 is 29.1 Å². The van der Waals surface area contributed by atoms with E-state index >= 15 is 0 Å². The van der Waals surface area contributed by atoms with Crippen LogP contribution in [-0.4, -0.2) is 52.2 Å². The van der Waals surface area contributed by atoms with Crippen LogP contribution in [0.5, 0.6) is 0 Å². The lowest BCUT2D eigenvalue weighted by atomic mass is 9.88. The minimum atomic E-state index is -0.177. The average molecular weight is 445 g/mol. The number of carbonyl (C=O) groups is 1. The van der Waals surface area contributed by atoms with Crippen LogP contribution in [0.25, 0.3) is 11.3 Å². The van der Waals surface area contributed by atoms with E-state index in [4.69, 9.17) is 16.3 Å². The topological polar surface area (TPSA) is 101 Å². The summed E-state index contributed by atoms with van der Waals surface area (Å²) < 4.78 is 5.80. The van der Waals surface area contributed by atoms with Crippen LogP contribution in [0.3, 0.4) is 0 Å². The van der Waals surface area contributed by atoms with E-state index in [2.05, 4.69) is 44.7 Å². The summed E-state index contributed by atoms with van der Waals surface area (Å²) in [7, 11) is 0. The van der Waals surface area contributed by atoms with E-state index < -0.39 is 0 Å². The Bertz CT molecular complexity index is 932. The molecule has 2 fully saturated rings. The molecule has 2 aliphatic rings. The van der Waals surface area contributed by atoms with Crippen LogP contribution in [-0.2, 0) is 9.53 Å². The molecule has 0 saturated carbocycles. The Hall–Kier alpha value is -2.29. The zero-order chi connectivity index (χ0) is 21.8. The lowest BCUT2D eigenvalue weighted by Crippen LogP contribution is -2.36. The molecule has 166 valence electrons. The molecule has 0 bridgehead atoms. The van der Waals surface area contributed by atoms with Crippen molar-refractivity contribution in [3.05, 3.63) is 29.7 Å². The molecule has 0 unspecified atom stereocenters. The van der Waals surface area contributed by atoms with Gasteiger partial charge in [-0.2, -0.15) is 0 Å². The van der Waals surface area contributed by atoms with E-state index in [1.165, 1.54) is 6.20 Å². The molecule has 31 heavy (non-hydrogen) atoms. The first-order valence-corrected chi connectivity index (χ1v) is 11.2. The van der Waals surface area contributed by atoms with E-state index in [0.717, 1.165) is 45.4 Å². The van der Waals surface area contributed by atoms with Gasteiger partial charge in [0.2, 0.25) is 5.91 Å². The molecule has 2 aromatic heterocycles. The highest BCUT2D eigenvalue weighted by Crippen LogP contribution is 2.30. The number of ether oxygens (including phenoxy) is 1. The number of nitrogens with zero attached hydrogens (tertiary/aromatic N) is 3. The third kappa shape index (κ3) is 5.70. The second kappa shape index (κ2) is 9.46. The number of aromatic nitrogens is 3. The Labute approximate surface area is 187 Å². The molecule has 3 N–H and O–H groups in total. The lowest BCUT2D eigenvalue weighted by molar-refractivity contribution is -0.117. The van der Waals surface area contributed by atoms with Crippen LogP contribution in [0, 0.1) is 5.92 Å². The van der Waals surface area contributed by atoms with Crippen LogP contribution >= 0.6 is 11.6 Å². The molecule has 2 saturated heterocycles. The fourth-order valence-electron chi connectivity index (χ4n) is 4.19. The number of halogens is 1. The number of nitrogens with one attached hydrogen (secondary N) is 3. The van der Waals surface area contributed by atoms with E-state index in [9.17, 15) is 4.79 Å². The van der Waals surface area contributed by atoms with Gasteiger partial charge in [-0.05, 0) is 58.1 Å². The molecule has 2 atom stereocenters. The Balaban J connectivity index is 1.44. The van der Waals surface area contributed by atoms with Crippen molar-refractivity contribution in [1.29, 1.82) is 0 Å². The smallest absolute Gasteiger partial charge is 0.242 e. The molecule has 4 heterocycles. The Morgan fingerprint density at radius 2 is 2.16 bits per heavy atom. The standard InChI is InChI=1S/C22H29ClN6O2/c1-22(2)9-14(5-7-31-22)10-26-20-13-24-12-18(28-20)15-8-19(27-11-16(15)23)29-21(30)17-4-3-6-25-17/h8,11-14,17,25H,3-7,9-10H2,1-2H3,(H,26,28)(H,27,29,30)/t14-,17+/m1/s1. The summed E-state index contributed by atoms with van der Waals surface area (Å²) in [6, 6.07) is 1.56. The number of carbonyl (C=O) groups excluding carboxylic acids is 1. The monoisotopic (exact) mass is 444 g/mol. The second-order valence-corrected chi connectivity index (χ2v) is 9.23. The first kappa shape index (κ1) is 21.9. The van der Waals surface area contributed by atoms with Gasteiger partial charge in [0, 0.05) is 24.9 Å². The molecule has 0 aromatic carbocycles. The number of hydrogen-bond donors (Lipinski definition) is 3. The van der Waals surface area contributed by atoms with Crippen molar-refractivity contribution in [3.63, 3.8) is 0 Å². The van der Waals surface area contributed by atoms with Gasteiger partial charge in [0.05, 0.1) is 34.8 Å². The van der Waals surface area contributed by atoms with Crippen LogP contribution in [0.15, 0.2) is 24.7 Å². The normalized spacial score (nSPS) is 22.8. The van der Waals surface area contributed by atoms with E-state index in [0.29, 0.717) is 33.8 Å². The summed E-state index contributed by atoms with van der Waals surface area (Å²) in [6.07, 6.45) is 8.75. The van der Waals surface area contributed by atoms with Crippen molar-refractivity contribution in [2.24, 2.45) is 5.92 Å². The molecule has 8 nitrogen and oxygen atoms in total. The molecule has 4 rings (SSSR count). The Morgan fingerprint density at radius 1 is 1.29 bits per heavy atom. The van der Waals surface area contributed by atoms with Crippen molar-refractivity contribution < 1.29 is 9.53 Å². The summed E-state index contributed by atoms with van der Waals surface area (Å²) in [6.45, 7) is 6.71. The molecular weight excluding hydrogens is 416 g/mol. The zero-order valence-electron chi connectivity index (χ0n) is 17.9. The first-order chi connectivity index (χ1) is 14.9. The average Bonchev–Trinajstić information content (AvgIpc) is 3.28. The predicted molar refractivity (Wildman–Crippen MR) is 121 cm³/mol. The summed E-state index contributed by atoms with van der Waals surface area (Å²) in [5, 5.41) is 9.90. The van der Waals surface area contributed by atoms with Crippen LogP contribution in [0.4, 0.5) is 11.6 Å². The minimum Gasteiger partial charge on any atom is -0.376 e. The molecule has 1 amide bonds. The molecule has 0 aliphatic carbocycles. The summed E-state index contributed by atoms with van der Waals surface area (Å²) in [5.41, 5.74) is 1.21. The molecule has 0 spiro atoms. The molecule has 2 aromatic rings. The van der Waals surface area contributed by atoms with Crippen LogP contribution in [0.2, 0.25) is 5.02 Å². The largest absolute Gasteiger partial charge is 0.376 e.